The number of para-hydroxylation sites is 2. The Bertz CT molecular complexity index is 1180. The number of likely N-dealkylation sites (N-methyl/N-ethyl adjacent to an activating group) is 1. The highest BCUT2D eigenvalue weighted by molar-refractivity contribution is 6.31. The van der Waals surface area contributed by atoms with Crippen molar-refractivity contribution in [1.29, 1.82) is 0 Å². The number of carbonyl (C=O) groups excluding carboxylic acids is 2. The van der Waals surface area contributed by atoms with Crippen molar-refractivity contribution in [3.63, 3.8) is 0 Å². The fourth-order valence-electron chi connectivity index (χ4n) is 4.13. The van der Waals surface area contributed by atoms with E-state index < -0.39 is 11.8 Å². The van der Waals surface area contributed by atoms with E-state index in [0.717, 1.165) is 5.56 Å². The topological polar surface area (TPSA) is 61.9 Å². The van der Waals surface area contributed by atoms with E-state index in [4.69, 9.17) is 16.3 Å². The van der Waals surface area contributed by atoms with E-state index in [1.165, 1.54) is 9.80 Å². The predicted molar refractivity (Wildman–Crippen MR) is 116 cm³/mol. The largest absolute Gasteiger partial charge is 0.338 e. The molecule has 0 radical (unpaired) electrons. The number of fused-ring (bicyclic) bond motifs is 3. The molecule has 0 bridgehead atoms. The van der Waals surface area contributed by atoms with Gasteiger partial charge in [0.25, 0.3) is 11.6 Å². The summed E-state index contributed by atoms with van der Waals surface area (Å²) < 4.78 is 6.21. The molecule has 1 spiro atoms. The van der Waals surface area contributed by atoms with Gasteiger partial charge in [-0.3, -0.25) is 9.69 Å². The fourth-order valence-corrected chi connectivity index (χ4v) is 4.32. The van der Waals surface area contributed by atoms with Crippen molar-refractivity contribution in [2.75, 3.05) is 22.2 Å². The first kappa shape index (κ1) is 18.7. The molecule has 0 aromatic heterocycles. The Labute approximate surface area is 178 Å². The third kappa shape index (κ3) is 2.61. The number of nitrogens with one attached hydrogen (secondary N) is 1. The van der Waals surface area contributed by atoms with Gasteiger partial charge in [0.15, 0.2) is 0 Å². The van der Waals surface area contributed by atoms with Gasteiger partial charge in [0.1, 0.15) is 0 Å². The zero-order chi connectivity index (χ0) is 20.9. The molecule has 30 heavy (non-hydrogen) atoms. The summed E-state index contributed by atoms with van der Waals surface area (Å²) in [5, 5.41) is 3.36. The first-order valence-electron chi connectivity index (χ1n) is 9.48. The van der Waals surface area contributed by atoms with Crippen LogP contribution >= 0.6 is 11.6 Å². The van der Waals surface area contributed by atoms with Crippen LogP contribution in [0.3, 0.4) is 0 Å². The first-order valence-corrected chi connectivity index (χ1v) is 9.86. The van der Waals surface area contributed by atoms with Gasteiger partial charge in [0, 0.05) is 28.9 Å². The Hall–Kier alpha value is -3.35. The molecule has 3 amide bonds. The number of hydrogen-bond donors (Lipinski definition) is 1. The second-order valence-electron chi connectivity index (χ2n) is 7.22. The number of rotatable bonds is 1. The van der Waals surface area contributed by atoms with E-state index in [0.29, 0.717) is 27.6 Å². The molecule has 1 unspecified atom stereocenters. The molecule has 2 aliphatic heterocycles. The second-order valence-corrected chi connectivity index (χ2v) is 7.66. The minimum atomic E-state index is -1.58. The Kier molecular flexibility index (Phi) is 4.27. The summed E-state index contributed by atoms with van der Waals surface area (Å²) in [6.45, 7) is 0.213. The molecule has 2 aliphatic rings. The Morgan fingerprint density at radius 2 is 1.77 bits per heavy atom. The minimum Gasteiger partial charge on any atom is -0.338 e. The van der Waals surface area contributed by atoms with Crippen LogP contribution in [0.15, 0.2) is 72.8 Å². The van der Waals surface area contributed by atoms with E-state index in [2.05, 4.69) is 5.32 Å². The van der Waals surface area contributed by atoms with E-state index in [1.807, 2.05) is 48.5 Å². The summed E-state index contributed by atoms with van der Waals surface area (Å²) in [7, 11) is 1.69. The number of amides is 3. The van der Waals surface area contributed by atoms with E-state index in [1.54, 1.807) is 31.3 Å². The maximum Gasteiger partial charge on any atom is 0.329 e. The van der Waals surface area contributed by atoms with Crippen LogP contribution in [-0.2, 0) is 21.9 Å². The molecular weight excluding hydrogens is 402 g/mol. The molecular formula is C23H18ClN3O3. The zero-order valence-electron chi connectivity index (χ0n) is 16.1. The van der Waals surface area contributed by atoms with Crippen molar-refractivity contribution in [1.82, 2.24) is 0 Å². The number of benzene rings is 3. The number of nitrogens with zero attached hydrogens (tertiary/aromatic N) is 2. The lowest BCUT2D eigenvalue weighted by molar-refractivity contribution is -0.146. The van der Waals surface area contributed by atoms with Gasteiger partial charge in [0.2, 0.25) is 0 Å². The van der Waals surface area contributed by atoms with E-state index in [9.17, 15) is 9.59 Å². The Morgan fingerprint density at radius 1 is 1.03 bits per heavy atom. The number of anilines is 3. The van der Waals surface area contributed by atoms with Crippen LogP contribution in [0, 0.1) is 0 Å². The summed E-state index contributed by atoms with van der Waals surface area (Å²) in [6, 6.07) is 21.2. The van der Waals surface area contributed by atoms with Crippen LogP contribution in [0.5, 0.6) is 0 Å². The zero-order valence-corrected chi connectivity index (χ0v) is 16.9. The number of halogens is 1. The first-order chi connectivity index (χ1) is 14.5. The number of ether oxygens (including phenoxy) is 1. The average Bonchev–Trinajstić information content (AvgIpc) is 2.96. The highest BCUT2D eigenvalue weighted by atomic mass is 35.5. The highest BCUT2D eigenvalue weighted by Crippen LogP contribution is 2.49. The minimum absolute atomic E-state index is 0.213. The standard InChI is InChI=1S/C23H18ClN3O3/c1-26-20-12-5-3-10-18(20)23(21(26)28)27(19-11-4-2-7-15(19)14-30-23)22(29)25-17-9-6-8-16(24)13-17/h2-13H,14H2,1H3,(H,25,29). The summed E-state index contributed by atoms with van der Waals surface area (Å²) in [6.07, 6.45) is 0. The molecule has 3 aromatic rings. The van der Waals surface area contributed by atoms with Gasteiger partial charge in [-0.05, 0) is 30.3 Å². The molecule has 2 heterocycles. The maximum absolute atomic E-state index is 13.6. The summed E-state index contributed by atoms with van der Waals surface area (Å²) in [5.74, 6) is -0.320. The van der Waals surface area contributed by atoms with E-state index in [-0.39, 0.29) is 12.5 Å². The van der Waals surface area contributed by atoms with Crippen molar-refractivity contribution in [3.05, 3.63) is 88.9 Å². The van der Waals surface area contributed by atoms with Crippen LogP contribution in [0.25, 0.3) is 0 Å². The third-order valence-electron chi connectivity index (χ3n) is 5.49. The lowest BCUT2D eigenvalue weighted by atomic mass is 9.98. The van der Waals surface area contributed by atoms with Crippen LogP contribution < -0.4 is 15.1 Å². The molecule has 150 valence electrons. The molecule has 5 rings (SSSR count). The van der Waals surface area contributed by atoms with Crippen LogP contribution in [0.2, 0.25) is 5.02 Å². The molecule has 7 heteroatoms. The van der Waals surface area contributed by atoms with E-state index >= 15 is 0 Å². The van der Waals surface area contributed by atoms with Gasteiger partial charge in [-0.2, -0.15) is 0 Å². The van der Waals surface area contributed by atoms with Gasteiger partial charge >= 0.3 is 6.03 Å². The summed E-state index contributed by atoms with van der Waals surface area (Å²) in [5.41, 5.74) is 1.74. The molecule has 0 fully saturated rings. The molecule has 6 nitrogen and oxygen atoms in total. The predicted octanol–water partition coefficient (Wildman–Crippen LogP) is 4.74. The molecule has 0 aliphatic carbocycles. The van der Waals surface area contributed by atoms with Crippen LogP contribution in [-0.4, -0.2) is 19.0 Å². The van der Waals surface area contributed by atoms with Crippen molar-refractivity contribution in [3.8, 4) is 0 Å². The normalized spacial score (nSPS) is 19.6. The van der Waals surface area contributed by atoms with Crippen molar-refractivity contribution in [2.45, 2.75) is 12.3 Å². The molecule has 0 saturated carbocycles. The van der Waals surface area contributed by atoms with Crippen molar-refractivity contribution in [2.24, 2.45) is 0 Å². The number of carbonyl (C=O) groups is 2. The monoisotopic (exact) mass is 419 g/mol. The highest BCUT2D eigenvalue weighted by Gasteiger charge is 2.59. The van der Waals surface area contributed by atoms with Crippen LogP contribution in [0.4, 0.5) is 21.9 Å². The van der Waals surface area contributed by atoms with Gasteiger partial charge in [-0.25, -0.2) is 4.79 Å². The third-order valence-corrected chi connectivity index (χ3v) is 5.72. The van der Waals surface area contributed by atoms with Gasteiger partial charge < -0.3 is 15.0 Å². The molecule has 0 saturated heterocycles. The van der Waals surface area contributed by atoms with Crippen molar-refractivity contribution < 1.29 is 14.3 Å². The second kappa shape index (κ2) is 6.86. The Morgan fingerprint density at radius 3 is 2.57 bits per heavy atom. The van der Waals surface area contributed by atoms with Gasteiger partial charge in [-0.1, -0.05) is 54.1 Å². The lowest BCUT2D eigenvalue weighted by Gasteiger charge is -2.43. The number of hydrogen-bond acceptors (Lipinski definition) is 3. The van der Waals surface area contributed by atoms with Gasteiger partial charge in [0.05, 0.1) is 18.0 Å². The smallest absolute Gasteiger partial charge is 0.329 e. The summed E-state index contributed by atoms with van der Waals surface area (Å²) >= 11 is 6.07. The molecule has 1 N–H and O–H groups in total. The molecule has 1 atom stereocenters. The lowest BCUT2D eigenvalue weighted by Crippen LogP contribution is -2.60. The van der Waals surface area contributed by atoms with Crippen molar-refractivity contribution >= 4 is 40.6 Å². The summed E-state index contributed by atoms with van der Waals surface area (Å²) in [4.78, 5) is 30.1. The Balaban J connectivity index is 1.68. The molecule has 3 aromatic carbocycles. The quantitative estimate of drug-likeness (QED) is 0.619. The SMILES string of the molecule is CN1C(=O)C2(OCc3ccccc3N2C(=O)Nc2cccc(Cl)c2)c2ccccc21. The average molecular weight is 420 g/mol. The van der Waals surface area contributed by atoms with Crippen LogP contribution in [0.1, 0.15) is 11.1 Å². The van der Waals surface area contributed by atoms with Gasteiger partial charge in [-0.15, -0.1) is 0 Å². The fraction of sp³-hybridized carbons (Fsp3) is 0.130. The maximum atomic E-state index is 13.6. The number of urea groups is 1.